The fourth-order valence-corrected chi connectivity index (χ4v) is 4.16. The Kier molecular flexibility index (Phi) is 7.40. The molecule has 0 radical (unpaired) electrons. The molecule has 32 heavy (non-hydrogen) atoms. The van der Waals surface area contributed by atoms with Crippen LogP contribution in [0.3, 0.4) is 0 Å². The van der Waals surface area contributed by atoms with Crippen molar-refractivity contribution >= 4 is 0 Å². The Morgan fingerprint density at radius 3 is 1.62 bits per heavy atom. The molecule has 4 aromatic carbocycles. The third-order valence-electron chi connectivity index (χ3n) is 6.09. The minimum Gasteiger partial charge on any atom is -0.494 e. The molecule has 0 N–H and O–H groups in total. The van der Waals surface area contributed by atoms with Crippen LogP contribution < -0.4 is 4.74 Å². The third-order valence-corrected chi connectivity index (χ3v) is 6.09. The zero-order valence-corrected chi connectivity index (χ0v) is 19.1. The molecule has 0 aliphatic heterocycles. The molecule has 0 heterocycles. The van der Waals surface area contributed by atoms with E-state index in [0.29, 0.717) is 12.5 Å². The van der Waals surface area contributed by atoms with Gasteiger partial charge in [-0.15, -0.1) is 0 Å². The van der Waals surface area contributed by atoms with Gasteiger partial charge in [-0.2, -0.15) is 0 Å². The molecule has 1 unspecified atom stereocenters. The Labute approximate surface area is 192 Å². The maximum atomic E-state index is 5.53. The first-order valence-electron chi connectivity index (χ1n) is 11.7. The van der Waals surface area contributed by atoms with E-state index in [0.717, 1.165) is 25.0 Å². The van der Waals surface area contributed by atoms with Crippen LogP contribution in [-0.4, -0.2) is 6.61 Å². The highest BCUT2D eigenvalue weighted by molar-refractivity contribution is 5.64. The summed E-state index contributed by atoms with van der Waals surface area (Å²) >= 11 is 0. The molecule has 1 nitrogen and oxygen atoms in total. The predicted octanol–water partition coefficient (Wildman–Crippen LogP) is 7.88. The Morgan fingerprint density at radius 1 is 0.594 bits per heavy atom. The van der Waals surface area contributed by atoms with Gasteiger partial charge in [-0.05, 0) is 77.6 Å². The summed E-state index contributed by atoms with van der Waals surface area (Å²) in [6.45, 7) is 5.02. The Balaban J connectivity index is 1.33. The molecule has 162 valence electrons. The van der Waals surface area contributed by atoms with Gasteiger partial charge in [0, 0.05) is 0 Å². The van der Waals surface area contributed by atoms with Crippen molar-refractivity contribution in [2.24, 2.45) is 0 Å². The first-order valence-corrected chi connectivity index (χ1v) is 11.7. The summed E-state index contributed by atoms with van der Waals surface area (Å²) in [5.74, 6) is 1.47. The summed E-state index contributed by atoms with van der Waals surface area (Å²) in [4.78, 5) is 0. The average molecular weight is 421 g/mol. The highest BCUT2D eigenvalue weighted by atomic mass is 16.5. The fraction of sp³-hybridized carbons (Fsp3) is 0.226. The minimum atomic E-state index is 0.525. The molecule has 0 spiro atoms. The first kappa shape index (κ1) is 21.9. The lowest BCUT2D eigenvalue weighted by Crippen LogP contribution is -1.98. The van der Waals surface area contributed by atoms with Crippen LogP contribution in [-0.2, 0) is 19.3 Å². The van der Waals surface area contributed by atoms with Crippen LogP contribution in [0.15, 0.2) is 103 Å². The van der Waals surface area contributed by atoms with Crippen molar-refractivity contribution < 1.29 is 4.74 Å². The van der Waals surface area contributed by atoms with Crippen molar-refractivity contribution in [2.45, 2.75) is 39.0 Å². The van der Waals surface area contributed by atoms with Crippen LogP contribution in [0.1, 0.15) is 42.0 Å². The number of rotatable bonds is 9. The van der Waals surface area contributed by atoms with Gasteiger partial charge in [-0.1, -0.05) is 97.9 Å². The molecule has 4 rings (SSSR count). The third kappa shape index (κ3) is 5.88. The first-order chi connectivity index (χ1) is 15.7. The van der Waals surface area contributed by atoms with Gasteiger partial charge in [0.2, 0.25) is 0 Å². The average Bonchev–Trinajstić information content (AvgIpc) is 2.85. The summed E-state index contributed by atoms with van der Waals surface area (Å²) in [5, 5.41) is 0. The molecule has 0 saturated carbocycles. The van der Waals surface area contributed by atoms with Crippen molar-refractivity contribution in [2.75, 3.05) is 6.61 Å². The van der Waals surface area contributed by atoms with E-state index in [1.807, 2.05) is 6.92 Å². The molecule has 4 aromatic rings. The smallest absolute Gasteiger partial charge is 0.119 e. The largest absolute Gasteiger partial charge is 0.494 e. The number of hydrogen-bond acceptors (Lipinski definition) is 1. The van der Waals surface area contributed by atoms with Gasteiger partial charge in [-0.25, -0.2) is 0 Å². The summed E-state index contributed by atoms with van der Waals surface area (Å²) < 4.78 is 5.53. The van der Waals surface area contributed by atoms with Crippen LogP contribution in [0.25, 0.3) is 11.1 Å². The van der Waals surface area contributed by atoms with Gasteiger partial charge in [0.15, 0.2) is 0 Å². The van der Waals surface area contributed by atoms with Crippen molar-refractivity contribution in [3.63, 3.8) is 0 Å². The molecule has 1 atom stereocenters. The van der Waals surface area contributed by atoms with Gasteiger partial charge < -0.3 is 4.74 Å². The van der Waals surface area contributed by atoms with Crippen LogP contribution >= 0.6 is 0 Å². The van der Waals surface area contributed by atoms with Gasteiger partial charge in [0.1, 0.15) is 5.75 Å². The highest BCUT2D eigenvalue weighted by Gasteiger charge is 2.07. The molecular weight excluding hydrogens is 388 g/mol. The second-order valence-corrected chi connectivity index (χ2v) is 8.49. The second kappa shape index (κ2) is 10.8. The fourth-order valence-electron chi connectivity index (χ4n) is 4.16. The molecule has 0 bridgehead atoms. The van der Waals surface area contributed by atoms with Gasteiger partial charge in [-0.3, -0.25) is 0 Å². The maximum Gasteiger partial charge on any atom is 0.119 e. The maximum absolute atomic E-state index is 5.53. The molecule has 0 amide bonds. The molecular formula is C31H32O. The van der Waals surface area contributed by atoms with Crippen LogP contribution in [0.2, 0.25) is 0 Å². The van der Waals surface area contributed by atoms with E-state index < -0.39 is 0 Å². The Hall–Kier alpha value is -3.32. The van der Waals surface area contributed by atoms with Crippen LogP contribution in [0.4, 0.5) is 0 Å². The minimum absolute atomic E-state index is 0.525. The van der Waals surface area contributed by atoms with Gasteiger partial charge >= 0.3 is 0 Å². The number of ether oxygens (including phenoxy) is 1. The van der Waals surface area contributed by atoms with E-state index in [4.69, 9.17) is 4.74 Å². The van der Waals surface area contributed by atoms with Crippen molar-refractivity contribution in [1.29, 1.82) is 0 Å². The van der Waals surface area contributed by atoms with Gasteiger partial charge in [0.25, 0.3) is 0 Å². The van der Waals surface area contributed by atoms with E-state index in [2.05, 4.69) is 110 Å². The molecule has 0 aliphatic carbocycles. The van der Waals surface area contributed by atoms with E-state index in [-0.39, 0.29) is 0 Å². The molecule has 1 heteroatoms. The van der Waals surface area contributed by atoms with Crippen molar-refractivity contribution in [1.82, 2.24) is 0 Å². The summed E-state index contributed by atoms with van der Waals surface area (Å²) in [6.07, 6.45) is 3.15. The summed E-state index contributed by atoms with van der Waals surface area (Å²) in [7, 11) is 0. The van der Waals surface area contributed by atoms with E-state index in [9.17, 15) is 0 Å². The van der Waals surface area contributed by atoms with E-state index >= 15 is 0 Å². The second-order valence-electron chi connectivity index (χ2n) is 8.49. The van der Waals surface area contributed by atoms with Gasteiger partial charge in [0.05, 0.1) is 6.61 Å². The monoisotopic (exact) mass is 420 g/mol. The SMILES string of the molecule is CCOc1ccc(CCc2ccc(-c3ccc(CC(C)c4ccccc4)cc3)cc2)cc1. The standard InChI is InChI=1S/C31H32O/c1-3-32-31-21-15-26(16-22-31)10-9-25-11-17-29(18-12-25)30-19-13-27(14-20-30)23-24(2)28-7-5-4-6-8-28/h4-8,11-22,24H,3,9-10,23H2,1-2H3. The lowest BCUT2D eigenvalue weighted by molar-refractivity contribution is 0.340. The highest BCUT2D eigenvalue weighted by Crippen LogP contribution is 2.24. The summed E-state index contributed by atoms with van der Waals surface area (Å²) in [5.41, 5.74) is 8.06. The normalized spacial score (nSPS) is 11.8. The zero-order chi connectivity index (χ0) is 22.2. The molecule has 0 aliphatic rings. The van der Waals surface area contributed by atoms with E-state index in [1.165, 1.54) is 33.4 Å². The summed E-state index contributed by atoms with van der Waals surface area (Å²) in [6, 6.07) is 37.3. The molecule has 0 saturated heterocycles. The quantitative estimate of drug-likeness (QED) is 0.267. The van der Waals surface area contributed by atoms with Crippen LogP contribution in [0.5, 0.6) is 5.75 Å². The molecule has 0 aromatic heterocycles. The lowest BCUT2D eigenvalue weighted by Gasteiger charge is -2.12. The van der Waals surface area contributed by atoms with E-state index in [1.54, 1.807) is 0 Å². The Morgan fingerprint density at radius 2 is 1.09 bits per heavy atom. The lowest BCUT2D eigenvalue weighted by atomic mass is 9.93. The number of aryl methyl sites for hydroxylation is 2. The topological polar surface area (TPSA) is 9.23 Å². The van der Waals surface area contributed by atoms with Crippen molar-refractivity contribution in [3.8, 4) is 16.9 Å². The Bertz CT molecular complexity index is 1080. The molecule has 0 fully saturated rings. The van der Waals surface area contributed by atoms with Crippen LogP contribution in [0, 0.1) is 0 Å². The van der Waals surface area contributed by atoms with Crippen molar-refractivity contribution in [3.05, 3.63) is 125 Å². The number of hydrogen-bond donors (Lipinski definition) is 0. The predicted molar refractivity (Wildman–Crippen MR) is 135 cm³/mol. The number of benzene rings is 4. The zero-order valence-electron chi connectivity index (χ0n) is 19.1.